The molecular weight excluding hydrogens is 246 g/mol. The van der Waals surface area contributed by atoms with Gasteiger partial charge in [0.25, 0.3) is 0 Å². The maximum absolute atomic E-state index is 12.0. The number of benzene rings is 1. The highest BCUT2D eigenvalue weighted by molar-refractivity contribution is 6.02. The Morgan fingerprint density at radius 1 is 1.47 bits per heavy atom. The van der Waals surface area contributed by atoms with Crippen molar-refractivity contribution in [2.75, 3.05) is 18.6 Å². The number of hydrogen-bond donors (Lipinski definition) is 0. The lowest BCUT2D eigenvalue weighted by molar-refractivity contribution is -0.144. The Kier molecular flexibility index (Phi) is 4.04. The van der Waals surface area contributed by atoms with Gasteiger partial charge in [0.15, 0.2) is 0 Å². The van der Waals surface area contributed by atoms with E-state index in [-0.39, 0.29) is 11.9 Å². The van der Waals surface area contributed by atoms with Crippen LogP contribution in [-0.2, 0) is 14.3 Å². The SMILES string of the molecule is CCOC(=O)C1CCC(=O)N1c1cccc(OC)c1. The number of esters is 1. The molecule has 1 unspecified atom stereocenters. The zero-order chi connectivity index (χ0) is 13.8. The lowest BCUT2D eigenvalue weighted by atomic mass is 10.2. The van der Waals surface area contributed by atoms with Gasteiger partial charge in [0.1, 0.15) is 11.8 Å². The normalized spacial score (nSPS) is 18.5. The minimum absolute atomic E-state index is 0.0636. The van der Waals surface area contributed by atoms with Gasteiger partial charge in [0.2, 0.25) is 5.91 Å². The van der Waals surface area contributed by atoms with Gasteiger partial charge in [-0.1, -0.05) is 6.07 Å². The van der Waals surface area contributed by atoms with E-state index in [1.54, 1.807) is 38.3 Å². The Morgan fingerprint density at radius 3 is 2.95 bits per heavy atom. The van der Waals surface area contributed by atoms with Crippen molar-refractivity contribution in [2.45, 2.75) is 25.8 Å². The summed E-state index contributed by atoms with van der Waals surface area (Å²) in [6, 6.07) is 6.60. The summed E-state index contributed by atoms with van der Waals surface area (Å²) < 4.78 is 10.2. The lowest BCUT2D eigenvalue weighted by Crippen LogP contribution is -2.39. The largest absolute Gasteiger partial charge is 0.497 e. The topological polar surface area (TPSA) is 55.8 Å². The van der Waals surface area contributed by atoms with Crippen molar-refractivity contribution in [1.82, 2.24) is 0 Å². The average Bonchev–Trinajstić information content (AvgIpc) is 2.81. The van der Waals surface area contributed by atoms with Crippen molar-refractivity contribution in [3.8, 4) is 5.75 Å². The highest BCUT2D eigenvalue weighted by Crippen LogP contribution is 2.29. The molecule has 19 heavy (non-hydrogen) atoms. The fourth-order valence-electron chi connectivity index (χ4n) is 2.23. The summed E-state index contributed by atoms with van der Waals surface area (Å²) in [6.45, 7) is 2.07. The Labute approximate surface area is 112 Å². The van der Waals surface area contributed by atoms with Gasteiger partial charge < -0.3 is 9.47 Å². The predicted molar refractivity (Wildman–Crippen MR) is 70.1 cm³/mol. The second-order valence-corrected chi connectivity index (χ2v) is 4.27. The molecule has 102 valence electrons. The number of amides is 1. The Bertz CT molecular complexity index is 486. The first-order valence-electron chi connectivity index (χ1n) is 6.30. The van der Waals surface area contributed by atoms with Crippen LogP contribution in [0.3, 0.4) is 0 Å². The summed E-state index contributed by atoms with van der Waals surface area (Å²) in [5.74, 6) is 0.238. The summed E-state index contributed by atoms with van der Waals surface area (Å²) in [7, 11) is 1.56. The van der Waals surface area contributed by atoms with E-state index < -0.39 is 6.04 Å². The molecule has 5 nitrogen and oxygen atoms in total. The number of carbonyl (C=O) groups is 2. The van der Waals surface area contributed by atoms with Crippen LogP contribution in [0.5, 0.6) is 5.75 Å². The van der Waals surface area contributed by atoms with E-state index in [1.807, 2.05) is 0 Å². The molecule has 1 amide bonds. The predicted octanol–water partition coefficient (Wildman–Crippen LogP) is 1.75. The van der Waals surface area contributed by atoms with Crippen LogP contribution in [-0.4, -0.2) is 31.6 Å². The van der Waals surface area contributed by atoms with E-state index in [4.69, 9.17) is 9.47 Å². The van der Waals surface area contributed by atoms with Gasteiger partial charge in [-0.3, -0.25) is 9.69 Å². The smallest absolute Gasteiger partial charge is 0.329 e. The van der Waals surface area contributed by atoms with Crippen LogP contribution in [0.15, 0.2) is 24.3 Å². The molecule has 0 N–H and O–H groups in total. The molecule has 0 radical (unpaired) electrons. The van der Waals surface area contributed by atoms with Gasteiger partial charge in [0.05, 0.1) is 13.7 Å². The first-order chi connectivity index (χ1) is 9.17. The zero-order valence-corrected chi connectivity index (χ0v) is 11.1. The van der Waals surface area contributed by atoms with E-state index in [2.05, 4.69) is 0 Å². The van der Waals surface area contributed by atoms with E-state index >= 15 is 0 Å². The number of rotatable bonds is 4. The maximum Gasteiger partial charge on any atom is 0.329 e. The molecule has 1 aliphatic heterocycles. The van der Waals surface area contributed by atoms with Gasteiger partial charge in [-0.15, -0.1) is 0 Å². The van der Waals surface area contributed by atoms with E-state index in [0.717, 1.165) is 0 Å². The molecule has 1 aliphatic rings. The molecule has 1 atom stereocenters. The van der Waals surface area contributed by atoms with Crippen molar-refractivity contribution in [2.24, 2.45) is 0 Å². The van der Waals surface area contributed by atoms with Crippen LogP contribution >= 0.6 is 0 Å². The molecule has 1 heterocycles. The van der Waals surface area contributed by atoms with Gasteiger partial charge >= 0.3 is 5.97 Å². The molecule has 0 aromatic heterocycles. The third-order valence-electron chi connectivity index (χ3n) is 3.10. The fraction of sp³-hybridized carbons (Fsp3) is 0.429. The van der Waals surface area contributed by atoms with Crippen LogP contribution in [0.4, 0.5) is 5.69 Å². The minimum atomic E-state index is -0.528. The van der Waals surface area contributed by atoms with Crippen LogP contribution in [0.1, 0.15) is 19.8 Å². The zero-order valence-electron chi connectivity index (χ0n) is 11.1. The molecule has 0 aliphatic carbocycles. The van der Waals surface area contributed by atoms with Gasteiger partial charge in [-0.25, -0.2) is 4.79 Å². The molecule has 1 fully saturated rings. The molecular formula is C14H17NO4. The summed E-state index contributed by atoms with van der Waals surface area (Å²) in [4.78, 5) is 25.4. The van der Waals surface area contributed by atoms with Gasteiger partial charge in [0, 0.05) is 18.2 Å². The third-order valence-corrected chi connectivity index (χ3v) is 3.10. The van der Waals surface area contributed by atoms with Crippen molar-refractivity contribution in [3.63, 3.8) is 0 Å². The highest BCUT2D eigenvalue weighted by atomic mass is 16.5. The van der Waals surface area contributed by atoms with Crippen molar-refractivity contribution >= 4 is 17.6 Å². The van der Waals surface area contributed by atoms with Crippen molar-refractivity contribution in [3.05, 3.63) is 24.3 Å². The molecule has 5 heteroatoms. The third kappa shape index (κ3) is 2.70. The Balaban J connectivity index is 2.28. The van der Waals surface area contributed by atoms with Crippen LogP contribution < -0.4 is 9.64 Å². The van der Waals surface area contributed by atoms with E-state index in [0.29, 0.717) is 30.9 Å². The second kappa shape index (κ2) is 5.73. The van der Waals surface area contributed by atoms with Crippen LogP contribution in [0.2, 0.25) is 0 Å². The Hall–Kier alpha value is -2.04. The number of anilines is 1. The quantitative estimate of drug-likeness (QED) is 0.777. The monoisotopic (exact) mass is 263 g/mol. The van der Waals surface area contributed by atoms with Gasteiger partial charge in [-0.05, 0) is 25.5 Å². The molecule has 1 aromatic rings. The highest BCUT2D eigenvalue weighted by Gasteiger charge is 2.38. The summed E-state index contributed by atoms with van der Waals surface area (Å²) in [6.07, 6.45) is 0.857. The molecule has 2 rings (SSSR count). The molecule has 1 saturated heterocycles. The summed E-state index contributed by atoms with van der Waals surface area (Å²) in [5.41, 5.74) is 0.667. The van der Waals surface area contributed by atoms with E-state index in [1.165, 1.54) is 4.90 Å². The average molecular weight is 263 g/mol. The summed E-state index contributed by atoms with van der Waals surface area (Å²) in [5, 5.41) is 0. The number of ether oxygens (including phenoxy) is 2. The molecule has 0 saturated carbocycles. The Morgan fingerprint density at radius 2 is 2.26 bits per heavy atom. The fourth-order valence-corrected chi connectivity index (χ4v) is 2.23. The summed E-state index contributed by atoms with van der Waals surface area (Å²) >= 11 is 0. The number of hydrogen-bond acceptors (Lipinski definition) is 4. The van der Waals surface area contributed by atoms with Crippen LogP contribution in [0, 0.1) is 0 Å². The molecule has 0 bridgehead atoms. The number of methoxy groups -OCH3 is 1. The molecule has 1 aromatic carbocycles. The van der Waals surface area contributed by atoms with Crippen molar-refractivity contribution < 1.29 is 19.1 Å². The standard InChI is InChI=1S/C14H17NO4/c1-3-19-14(17)12-7-8-13(16)15(12)10-5-4-6-11(9-10)18-2/h4-6,9,12H,3,7-8H2,1-2H3. The number of nitrogens with zero attached hydrogens (tertiary/aromatic N) is 1. The molecule has 0 spiro atoms. The lowest BCUT2D eigenvalue weighted by Gasteiger charge is -2.23. The number of carbonyl (C=O) groups excluding carboxylic acids is 2. The maximum atomic E-state index is 12.0. The van der Waals surface area contributed by atoms with Crippen molar-refractivity contribution in [1.29, 1.82) is 0 Å². The second-order valence-electron chi connectivity index (χ2n) is 4.27. The van der Waals surface area contributed by atoms with E-state index in [9.17, 15) is 9.59 Å². The van der Waals surface area contributed by atoms with Crippen LogP contribution in [0.25, 0.3) is 0 Å². The minimum Gasteiger partial charge on any atom is -0.497 e. The first kappa shape index (κ1) is 13.4. The first-order valence-corrected chi connectivity index (χ1v) is 6.30. The van der Waals surface area contributed by atoms with Gasteiger partial charge in [-0.2, -0.15) is 0 Å².